The normalized spacial score (nSPS) is 12.8. The molecule has 0 unspecified atom stereocenters. The molecule has 0 radical (unpaired) electrons. The average molecular weight is 582 g/mol. The number of aliphatic imine (C=N–C) groups is 1. The predicted octanol–water partition coefficient (Wildman–Crippen LogP) is 5.99. The van der Waals surface area contributed by atoms with E-state index < -0.39 is 11.7 Å². The zero-order chi connectivity index (χ0) is 15.7. The Morgan fingerprint density at radius 2 is 1.79 bits per heavy atom. The minimum absolute atomic E-state index is 0. The molecular weight excluding hydrogens is 568 g/mol. The monoisotopic (exact) mass is 581 g/mol. The van der Waals surface area contributed by atoms with Crippen LogP contribution in [0.2, 0.25) is 5.02 Å². The summed E-state index contributed by atoms with van der Waals surface area (Å²) in [6.45, 7) is 0.464. The molecule has 0 fully saturated rings. The van der Waals surface area contributed by atoms with Crippen molar-refractivity contribution < 1.29 is 13.2 Å². The Hall–Kier alpha value is -0.750. The number of anilines is 2. The highest BCUT2D eigenvalue weighted by Crippen LogP contribution is 2.36. The Bertz CT molecular complexity index is 751. The van der Waals surface area contributed by atoms with Gasteiger partial charge in [-0.05, 0) is 29.8 Å². The van der Waals surface area contributed by atoms with Crippen molar-refractivity contribution >= 4 is 76.9 Å². The molecule has 0 bridgehead atoms. The minimum atomic E-state index is -4.50. The number of benzene rings is 2. The largest absolute Gasteiger partial charge is 0.417 e. The highest BCUT2D eigenvalue weighted by molar-refractivity contribution is 14.0. The number of halogens is 6. The molecule has 0 spiro atoms. The van der Waals surface area contributed by atoms with Gasteiger partial charge >= 0.3 is 6.18 Å². The Morgan fingerprint density at radius 3 is 2.50 bits per heavy atom. The summed E-state index contributed by atoms with van der Waals surface area (Å²) in [5.74, 6) is 0.397. The van der Waals surface area contributed by atoms with E-state index in [1.807, 2.05) is 24.3 Å². The van der Waals surface area contributed by atoms with Crippen molar-refractivity contribution in [3.63, 3.8) is 0 Å². The fraction of sp³-hybridized carbons (Fsp3) is 0.133. The smallest absolute Gasteiger partial charge is 0.326 e. The van der Waals surface area contributed by atoms with Crippen LogP contribution in [0.15, 0.2) is 47.5 Å². The van der Waals surface area contributed by atoms with Crippen LogP contribution in [0.1, 0.15) is 11.1 Å². The van der Waals surface area contributed by atoms with Gasteiger partial charge < -0.3 is 10.6 Å². The molecular formula is C15H13ClF3I2N3. The third-order valence-electron chi connectivity index (χ3n) is 3.21. The van der Waals surface area contributed by atoms with Crippen molar-refractivity contribution in [2.24, 2.45) is 4.99 Å². The summed E-state index contributed by atoms with van der Waals surface area (Å²) in [5.41, 5.74) is 1.29. The molecule has 0 saturated carbocycles. The molecule has 9 heteroatoms. The second kappa shape index (κ2) is 8.56. The molecule has 2 N–H and O–H groups in total. The molecule has 24 heavy (non-hydrogen) atoms. The molecule has 1 heterocycles. The topological polar surface area (TPSA) is 36.4 Å². The van der Waals surface area contributed by atoms with Gasteiger partial charge in [-0.1, -0.05) is 29.8 Å². The Kier molecular flexibility index (Phi) is 7.60. The molecule has 130 valence electrons. The molecule has 0 amide bonds. The number of hydrogen-bond donors (Lipinski definition) is 2. The molecule has 0 aliphatic carbocycles. The van der Waals surface area contributed by atoms with Gasteiger partial charge in [0, 0.05) is 11.4 Å². The van der Waals surface area contributed by atoms with Crippen LogP contribution in [0, 0.1) is 0 Å². The summed E-state index contributed by atoms with van der Waals surface area (Å²) in [4.78, 5) is 4.26. The second-order valence-corrected chi connectivity index (χ2v) is 5.17. The first kappa shape index (κ1) is 21.3. The van der Waals surface area contributed by atoms with Crippen molar-refractivity contribution in [3.8, 4) is 0 Å². The van der Waals surface area contributed by atoms with Crippen LogP contribution in [-0.2, 0) is 12.7 Å². The molecule has 3 nitrogen and oxygen atoms in total. The number of alkyl halides is 3. The van der Waals surface area contributed by atoms with E-state index in [-0.39, 0.29) is 58.7 Å². The number of para-hydroxylation sites is 1. The van der Waals surface area contributed by atoms with Crippen LogP contribution in [0.3, 0.4) is 0 Å². The van der Waals surface area contributed by atoms with Crippen molar-refractivity contribution in [2.45, 2.75) is 12.7 Å². The number of hydrogen-bond acceptors (Lipinski definition) is 3. The lowest BCUT2D eigenvalue weighted by molar-refractivity contribution is -0.137. The fourth-order valence-corrected chi connectivity index (χ4v) is 2.36. The lowest BCUT2D eigenvalue weighted by Crippen LogP contribution is -2.25. The molecule has 2 aromatic carbocycles. The van der Waals surface area contributed by atoms with Crippen molar-refractivity contribution in [3.05, 3.63) is 58.6 Å². The molecule has 1 aliphatic rings. The van der Waals surface area contributed by atoms with E-state index in [1.54, 1.807) is 0 Å². The van der Waals surface area contributed by atoms with Crippen molar-refractivity contribution in [2.75, 3.05) is 10.6 Å². The SMILES string of the molecule is FC(F)(F)c1cc(NC2=NCc3ccccc3N2)ccc1Cl.I.I. The van der Waals surface area contributed by atoms with Crippen LogP contribution < -0.4 is 10.6 Å². The van der Waals surface area contributed by atoms with E-state index in [0.717, 1.165) is 17.3 Å². The van der Waals surface area contributed by atoms with Crippen molar-refractivity contribution in [1.29, 1.82) is 0 Å². The zero-order valence-corrected chi connectivity index (χ0v) is 17.4. The van der Waals surface area contributed by atoms with Crippen LogP contribution >= 0.6 is 59.6 Å². The van der Waals surface area contributed by atoms with Crippen LogP contribution in [0.4, 0.5) is 24.5 Å². The highest BCUT2D eigenvalue weighted by Gasteiger charge is 2.33. The molecule has 0 aromatic heterocycles. The highest BCUT2D eigenvalue weighted by atomic mass is 127. The third-order valence-corrected chi connectivity index (χ3v) is 3.54. The lowest BCUT2D eigenvalue weighted by Gasteiger charge is -2.20. The minimum Gasteiger partial charge on any atom is -0.326 e. The summed E-state index contributed by atoms with van der Waals surface area (Å²) in [7, 11) is 0. The summed E-state index contributed by atoms with van der Waals surface area (Å²) in [5, 5.41) is 5.55. The molecule has 0 atom stereocenters. The van der Waals surface area contributed by atoms with Gasteiger partial charge in [0.15, 0.2) is 0 Å². The second-order valence-electron chi connectivity index (χ2n) is 4.76. The van der Waals surface area contributed by atoms with Gasteiger partial charge in [-0.15, -0.1) is 48.0 Å². The quantitative estimate of drug-likeness (QED) is 0.406. The lowest BCUT2D eigenvalue weighted by atomic mass is 10.1. The van der Waals surface area contributed by atoms with Gasteiger partial charge in [-0.2, -0.15) is 13.2 Å². The molecule has 0 saturated heterocycles. The van der Waals surface area contributed by atoms with Gasteiger partial charge in [0.05, 0.1) is 17.1 Å². The maximum absolute atomic E-state index is 12.8. The van der Waals surface area contributed by atoms with E-state index >= 15 is 0 Å². The number of nitrogens with zero attached hydrogens (tertiary/aromatic N) is 1. The Labute approximate surface area is 176 Å². The summed E-state index contributed by atoms with van der Waals surface area (Å²) in [6, 6.07) is 11.3. The Morgan fingerprint density at radius 1 is 1.08 bits per heavy atom. The first-order valence-electron chi connectivity index (χ1n) is 6.46. The number of guanidine groups is 1. The van der Waals surface area contributed by atoms with Gasteiger partial charge in [0.1, 0.15) is 0 Å². The summed E-state index contributed by atoms with van der Waals surface area (Å²) >= 11 is 5.60. The van der Waals surface area contributed by atoms with Gasteiger partial charge in [-0.3, -0.25) is 0 Å². The van der Waals surface area contributed by atoms with Gasteiger partial charge in [0.2, 0.25) is 5.96 Å². The first-order valence-corrected chi connectivity index (χ1v) is 6.84. The average Bonchev–Trinajstić information content (AvgIpc) is 2.48. The standard InChI is InChI=1S/C15H11ClF3N3.2HI/c16-12-6-5-10(7-11(12)15(17,18)19)21-14-20-8-9-3-1-2-4-13(9)22-14;;/h1-7H,8H2,(H2,20,21,22);2*1H. The maximum Gasteiger partial charge on any atom is 0.417 e. The summed E-state index contributed by atoms with van der Waals surface area (Å²) < 4.78 is 38.5. The predicted molar refractivity (Wildman–Crippen MR) is 112 cm³/mol. The Balaban J connectivity index is 0.00000144. The number of rotatable bonds is 1. The molecule has 1 aliphatic heterocycles. The van der Waals surface area contributed by atoms with Crippen molar-refractivity contribution in [1.82, 2.24) is 0 Å². The van der Waals surface area contributed by atoms with E-state index in [0.29, 0.717) is 12.5 Å². The number of fused-ring (bicyclic) bond motifs is 1. The van der Waals surface area contributed by atoms with E-state index in [1.165, 1.54) is 12.1 Å². The fourth-order valence-electron chi connectivity index (χ4n) is 2.14. The third kappa shape index (κ3) is 4.88. The molecule has 2 aromatic rings. The van der Waals surface area contributed by atoms with E-state index in [4.69, 9.17) is 11.6 Å². The zero-order valence-electron chi connectivity index (χ0n) is 12.0. The van der Waals surface area contributed by atoms with E-state index in [2.05, 4.69) is 15.6 Å². The van der Waals surface area contributed by atoms with Gasteiger partial charge in [0.25, 0.3) is 0 Å². The summed E-state index contributed by atoms with van der Waals surface area (Å²) in [6.07, 6.45) is -4.50. The van der Waals surface area contributed by atoms with Crippen LogP contribution in [0.25, 0.3) is 0 Å². The maximum atomic E-state index is 12.8. The van der Waals surface area contributed by atoms with E-state index in [9.17, 15) is 13.2 Å². The van der Waals surface area contributed by atoms with Crippen LogP contribution in [0.5, 0.6) is 0 Å². The number of nitrogens with one attached hydrogen (secondary N) is 2. The molecule has 3 rings (SSSR count). The van der Waals surface area contributed by atoms with Gasteiger partial charge in [-0.25, -0.2) is 4.99 Å². The van der Waals surface area contributed by atoms with Crippen LogP contribution in [-0.4, -0.2) is 5.96 Å². The first-order chi connectivity index (χ1) is 10.4.